The number of methoxy groups -OCH3 is 1. The minimum absolute atomic E-state index is 0.0840. The molecule has 1 rings (SSSR count). The van der Waals surface area contributed by atoms with Crippen molar-refractivity contribution in [2.24, 2.45) is 0 Å². The number of ether oxygens (including phenoxy) is 1. The van der Waals surface area contributed by atoms with E-state index in [9.17, 15) is 13.2 Å². The fourth-order valence-corrected chi connectivity index (χ4v) is 6.70. The highest BCUT2D eigenvalue weighted by Gasteiger charge is 2.37. The van der Waals surface area contributed by atoms with Gasteiger partial charge in [0.05, 0.1) is 12.9 Å². The molecular weight excluding hydrogens is 306 g/mol. The second kappa shape index (κ2) is 6.89. The summed E-state index contributed by atoms with van der Waals surface area (Å²) < 4.78 is 31.2. The smallest absolute Gasteiger partial charge is 0.324 e. The minimum atomic E-state index is -3.49. The van der Waals surface area contributed by atoms with Crippen LogP contribution in [0.15, 0.2) is 24.3 Å². The number of nitrogens with zero attached hydrogens (tertiary/aromatic N) is 1. The second-order valence-electron chi connectivity index (χ2n) is 6.43. The standard InChI is InChI=1S/C14H25NO4SSi/c1-6-12-7-8-13(14(16)19-2)15(11-12)20(17,18)9-10-21(3,4)5/h6-7,13H,1,8-11H2,2-5H3. The molecule has 0 saturated heterocycles. The van der Waals surface area contributed by atoms with Crippen LogP contribution in [0.25, 0.3) is 0 Å². The molecule has 1 heterocycles. The molecule has 0 aliphatic carbocycles. The molecule has 0 aromatic rings. The maximum atomic E-state index is 12.6. The van der Waals surface area contributed by atoms with E-state index >= 15 is 0 Å². The molecule has 0 aromatic carbocycles. The van der Waals surface area contributed by atoms with Crippen molar-refractivity contribution >= 4 is 24.1 Å². The van der Waals surface area contributed by atoms with Crippen LogP contribution in [0.3, 0.4) is 0 Å². The maximum Gasteiger partial charge on any atom is 0.324 e. The molecule has 21 heavy (non-hydrogen) atoms. The first-order valence-electron chi connectivity index (χ1n) is 6.99. The highest BCUT2D eigenvalue weighted by Crippen LogP contribution is 2.23. The van der Waals surface area contributed by atoms with E-state index in [2.05, 4.69) is 26.2 Å². The molecule has 0 N–H and O–H groups in total. The molecule has 0 aromatic heterocycles. The van der Waals surface area contributed by atoms with Crippen molar-refractivity contribution in [1.82, 2.24) is 4.31 Å². The summed E-state index contributed by atoms with van der Waals surface area (Å²) in [5.74, 6) is -0.424. The molecule has 1 atom stereocenters. The van der Waals surface area contributed by atoms with Crippen molar-refractivity contribution in [2.45, 2.75) is 38.1 Å². The van der Waals surface area contributed by atoms with E-state index in [1.165, 1.54) is 11.4 Å². The summed E-state index contributed by atoms with van der Waals surface area (Å²) in [5, 5.41) is 0. The maximum absolute atomic E-state index is 12.6. The number of hydrogen-bond donors (Lipinski definition) is 0. The van der Waals surface area contributed by atoms with Crippen LogP contribution in [-0.2, 0) is 19.6 Å². The van der Waals surface area contributed by atoms with E-state index < -0.39 is 30.1 Å². The molecule has 0 fully saturated rings. The summed E-state index contributed by atoms with van der Waals surface area (Å²) in [4.78, 5) is 11.8. The lowest BCUT2D eigenvalue weighted by Gasteiger charge is -2.32. The summed E-state index contributed by atoms with van der Waals surface area (Å²) in [5.41, 5.74) is 0.826. The Morgan fingerprint density at radius 3 is 2.62 bits per heavy atom. The summed E-state index contributed by atoms with van der Waals surface area (Å²) in [6.07, 6.45) is 3.81. The third-order valence-corrected chi connectivity index (χ3v) is 7.42. The second-order valence-corrected chi connectivity index (χ2v) is 14.1. The van der Waals surface area contributed by atoms with Gasteiger partial charge in [-0.2, -0.15) is 4.31 Å². The lowest BCUT2D eigenvalue weighted by molar-refractivity contribution is -0.145. The van der Waals surface area contributed by atoms with Crippen molar-refractivity contribution in [3.05, 3.63) is 24.3 Å². The Morgan fingerprint density at radius 2 is 2.14 bits per heavy atom. The number of rotatable bonds is 6. The van der Waals surface area contributed by atoms with Crippen LogP contribution in [-0.4, -0.2) is 52.2 Å². The topological polar surface area (TPSA) is 63.7 Å². The van der Waals surface area contributed by atoms with Gasteiger partial charge in [-0.3, -0.25) is 4.79 Å². The Bertz CT molecular complexity index is 534. The lowest BCUT2D eigenvalue weighted by Crippen LogP contribution is -2.49. The third-order valence-electron chi connectivity index (χ3n) is 3.49. The molecule has 120 valence electrons. The van der Waals surface area contributed by atoms with Gasteiger partial charge in [-0.1, -0.05) is 38.4 Å². The largest absolute Gasteiger partial charge is 0.468 e. The van der Waals surface area contributed by atoms with E-state index in [1.807, 2.05) is 6.08 Å². The highest BCUT2D eigenvalue weighted by molar-refractivity contribution is 7.89. The molecule has 0 bridgehead atoms. The van der Waals surface area contributed by atoms with Gasteiger partial charge >= 0.3 is 5.97 Å². The Balaban J connectivity index is 3.00. The first kappa shape index (κ1) is 18.1. The van der Waals surface area contributed by atoms with E-state index in [1.54, 1.807) is 6.08 Å². The van der Waals surface area contributed by atoms with Gasteiger partial charge in [0.2, 0.25) is 10.0 Å². The quantitative estimate of drug-likeness (QED) is 0.552. The van der Waals surface area contributed by atoms with Crippen LogP contribution in [0.1, 0.15) is 6.42 Å². The summed E-state index contributed by atoms with van der Waals surface area (Å²) in [7, 11) is -3.68. The minimum Gasteiger partial charge on any atom is -0.468 e. The normalized spacial score (nSPS) is 20.8. The molecule has 7 heteroatoms. The highest BCUT2D eigenvalue weighted by atomic mass is 32.2. The average Bonchev–Trinajstić information content (AvgIpc) is 2.43. The van der Waals surface area contributed by atoms with Crippen molar-refractivity contribution in [3.63, 3.8) is 0 Å². The van der Waals surface area contributed by atoms with Crippen molar-refractivity contribution in [2.75, 3.05) is 19.4 Å². The monoisotopic (exact) mass is 331 g/mol. The zero-order chi connectivity index (χ0) is 16.3. The van der Waals surface area contributed by atoms with Crippen LogP contribution >= 0.6 is 0 Å². The molecule has 1 aliphatic rings. The van der Waals surface area contributed by atoms with E-state index in [0.717, 1.165) is 5.57 Å². The molecule has 0 amide bonds. The molecule has 1 aliphatic heterocycles. The van der Waals surface area contributed by atoms with Gasteiger partial charge in [-0.05, 0) is 18.0 Å². The lowest BCUT2D eigenvalue weighted by atomic mass is 10.1. The van der Waals surface area contributed by atoms with Gasteiger partial charge in [0.1, 0.15) is 6.04 Å². The SMILES string of the molecule is C=CC1=CCC(C(=O)OC)N(S(=O)(=O)CC[Si](C)(C)C)C1. The zero-order valence-electron chi connectivity index (χ0n) is 13.3. The first-order chi connectivity index (χ1) is 9.60. The van der Waals surface area contributed by atoms with E-state index in [4.69, 9.17) is 4.74 Å². The molecule has 1 unspecified atom stereocenters. The van der Waals surface area contributed by atoms with Gasteiger partial charge < -0.3 is 4.74 Å². The molecule has 0 saturated carbocycles. The molecule has 0 spiro atoms. The van der Waals surface area contributed by atoms with Gasteiger partial charge in [-0.25, -0.2) is 8.42 Å². The van der Waals surface area contributed by atoms with Crippen LogP contribution in [0, 0.1) is 0 Å². The van der Waals surface area contributed by atoms with Gasteiger partial charge in [0.25, 0.3) is 0 Å². The average molecular weight is 332 g/mol. The first-order valence-corrected chi connectivity index (χ1v) is 12.3. The van der Waals surface area contributed by atoms with Crippen LogP contribution in [0.4, 0.5) is 0 Å². The summed E-state index contributed by atoms with van der Waals surface area (Å²) in [6, 6.07) is -0.0855. The van der Waals surface area contributed by atoms with Gasteiger partial charge in [0, 0.05) is 14.6 Å². The van der Waals surface area contributed by atoms with E-state index in [0.29, 0.717) is 12.5 Å². The van der Waals surface area contributed by atoms with Crippen molar-refractivity contribution in [1.29, 1.82) is 0 Å². The van der Waals surface area contributed by atoms with Crippen LogP contribution in [0.2, 0.25) is 25.7 Å². The number of carbonyl (C=O) groups is 1. The molecular formula is C14H25NO4SSi. The van der Waals surface area contributed by atoms with Crippen molar-refractivity contribution in [3.8, 4) is 0 Å². The predicted molar refractivity (Wildman–Crippen MR) is 87.3 cm³/mol. The number of sulfonamides is 1. The molecule has 0 radical (unpaired) electrons. The van der Waals surface area contributed by atoms with E-state index in [-0.39, 0.29) is 12.3 Å². The summed E-state index contributed by atoms with van der Waals surface area (Å²) in [6.45, 7) is 10.3. The predicted octanol–water partition coefficient (Wildman–Crippen LogP) is 2.01. The Hall–Kier alpha value is -0.923. The van der Waals surface area contributed by atoms with Gasteiger partial charge in [0.15, 0.2) is 0 Å². The molecule has 5 nitrogen and oxygen atoms in total. The Labute approximate surface area is 128 Å². The van der Waals surface area contributed by atoms with Crippen LogP contribution < -0.4 is 0 Å². The number of carbonyl (C=O) groups excluding carboxylic acids is 1. The number of esters is 1. The fourth-order valence-electron chi connectivity index (χ4n) is 2.08. The Morgan fingerprint density at radius 1 is 1.52 bits per heavy atom. The van der Waals surface area contributed by atoms with Crippen molar-refractivity contribution < 1.29 is 17.9 Å². The summed E-state index contributed by atoms with van der Waals surface area (Å²) >= 11 is 0. The zero-order valence-corrected chi connectivity index (χ0v) is 15.1. The van der Waals surface area contributed by atoms with Crippen LogP contribution in [0.5, 0.6) is 0 Å². The van der Waals surface area contributed by atoms with Gasteiger partial charge in [-0.15, -0.1) is 0 Å². The number of hydrogen-bond acceptors (Lipinski definition) is 4. The Kier molecular flexibility index (Phi) is 5.95. The third kappa shape index (κ3) is 5.08. The fraction of sp³-hybridized carbons (Fsp3) is 0.643.